The predicted molar refractivity (Wildman–Crippen MR) is 57.9 cm³/mol. The zero-order chi connectivity index (χ0) is 10.1. The second-order valence-corrected chi connectivity index (χ2v) is 4.06. The van der Waals surface area contributed by atoms with Gasteiger partial charge in [0.1, 0.15) is 0 Å². The van der Waals surface area contributed by atoms with Crippen molar-refractivity contribution in [3.8, 4) is 0 Å². The van der Waals surface area contributed by atoms with Gasteiger partial charge in [-0.25, -0.2) is 0 Å². The van der Waals surface area contributed by atoms with E-state index in [2.05, 4.69) is 25.8 Å². The van der Waals surface area contributed by atoms with Crippen LogP contribution in [0.2, 0.25) is 0 Å². The van der Waals surface area contributed by atoms with Gasteiger partial charge < -0.3 is 10.0 Å². The van der Waals surface area contributed by atoms with Gasteiger partial charge in [-0.1, -0.05) is 20.3 Å². The van der Waals surface area contributed by atoms with Crippen molar-refractivity contribution in [2.24, 2.45) is 5.92 Å². The molecular formula is C11H25NO. The smallest absolute Gasteiger partial charge is 0.0431 e. The minimum atomic E-state index is 0.342. The predicted octanol–water partition coefficient (Wildman–Crippen LogP) is 2.13. The summed E-state index contributed by atoms with van der Waals surface area (Å²) in [5.41, 5.74) is 0. The fourth-order valence-electron chi connectivity index (χ4n) is 1.42. The van der Waals surface area contributed by atoms with Crippen molar-refractivity contribution < 1.29 is 5.11 Å². The van der Waals surface area contributed by atoms with Crippen molar-refractivity contribution in [2.75, 3.05) is 26.7 Å². The summed E-state index contributed by atoms with van der Waals surface area (Å²) in [4.78, 5) is 2.39. The van der Waals surface area contributed by atoms with Crippen LogP contribution in [-0.2, 0) is 0 Å². The molecule has 0 saturated carbocycles. The van der Waals surface area contributed by atoms with Crippen LogP contribution in [0.3, 0.4) is 0 Å². The number of unbranched alkanes of at least 4 members (excludes halogenated alkanes) is 2. The third kappa shape index (κ3) is 8.26. The van der Waals surface area contributed by atoms with Crippen LogP contribution in [0.15, 0.2) is 0 Å². The van der Waals surface area contributed by atoms with Crippen LogP contribution in [0.25, 0.3) is 0 Å². The molecule has 0 fully saturated rings. The molecule has 1 unspecified atom stereocenters. The van der Waals surface area contributed by atoms with Gasteiger partial charge in [0, 0.05) is 13.2 Å². The molecule has 0 saturated heterocycles. The molecule has 13 heavy (non-hydrogen) atoms. The second kappa shape index (κ2) is 8.52. The molecule has 0 aliphatic rings. The summed E-state index contributed by atoms with van der Waals surface area (Å²) in [5.74, 6) is 0.808. The Labute approximate surface area is 82.9 Å². The maximum Gasteiger partial charge on any atom is 0.0431 e. The third-order valence-electron chi connectivity index (χ3n) is 2.52. The number of aliphatic hydroxyl groups is 1. The summed E-state index contributed by atoms with van der Waals surface area (Å²) in [7, 11) is 2.19. The summed E-state index contributed by atoms with van der Waals surface area (Å²) in [6.45, 7) is 7.25. The number of hydrogen-bond acceptors (Lipinski definition) is 2. The van der Waals surface area contributed by atoms with Gasteiger partial charge in [0.2, 0.25) is 0 Å². The molecule has 0 spiro atoms. The summed E-state index contributed by atoms with van der Waals surface area (Å²) < 4.78 is 0. The summed E-state index contributed by atoms with van der Waals surface area (Å²) in [6, 6.07) is 0. The summed E-state index contributed by atoms with van der Waals surface area (Å²) in [6.07, 6.45) is 4.59. The molecular weight excluding hydrogens is 162 g/mol. The van der Waals surface area contributed by atoms with Crippen LogP contribution in [0.5, 0.6) is 0 Å². The van der Waals surface area contributed by atoms with E-state index < -0.39 is 0 Å². The molecule has 2 heteroatoms. The van der Waals surface area contributed by atoms with Crippen LogP contribution >= 0.6 is 0 Å². The molecule has 0 aromatic rings. The topological polar surface area (TPSA) is 23.5 Å². The summed E-state index contributed by atoms with van der Waals surface area (Å²) in [5, 5.41) is 8.60. The maximum absolute atomic E-state index is 8.60. The first-order valence-electron chi connectivity index (χ1n) is 5.50. The van der Waals surface area contributed by atoms with E-state index in [1.807, 2.05) is 0 Å². The van der Waals surface area contributed by atoms with Crippen LogP contribution in [0.1, 0.15) is 39.5 Å². The standard InChI is InChI=1S/C11H25NO/c1-4-11(2)10-12(3)8-6-5-7-9-13/h11,13H,4-10H2,1-3H3. The van der Waals surface area contributed by atoms with Crippen LogP contribution < -0.4 is 0 Å². The van der Waals surface area contributed by atoms with E-state index >= 15 is 0 Å². The van der Waals surface area contributed by atoms with Gasteiger partial charge in [0.15, 0.2) is 0 Å². The van der Waals surface area contributed by atoms with Crippen LogP contribution in [0, 0.1) is 5.92 Å². The zero-order valence-corrected chi connectivity index (χ0v) is 9.42. The van der Waals surface area contributed by atoms with E-state index in [0.717, 1.165) is 18.8 Å². The van der Waals surface area contributed by atoms with Crippen molar-refractivity contribution in [3.05, 3.63) is 0 Å². The lowest BCUT2D eigenvalue weighted by atomic mass is 10.1. The molecule has 0 rings (SSSR count). The van der Waals surface area contributed by atoms with Crippen LogP contribution in [0.4, 0.5) is 0 Å². The molecule has 1 N–H and O–H groups in total. The first kappa shape index (κ1) is 12.9. The first-order valence-corrected chi connectivity index (χ1v) is 5.50. The summed E-state index contributed by atoms with van der Waals surface area (Å²) >= 11 is 0. The molecule has 2 nitrogen and oxygen atoms in total. The van der Waals surface area contributed by atoms with Crippen molar-refractivity contribution >= 4 is 0 Å². The number of aliphatic hydroxyl groups excluding tert-OH is 1. The monoisotopic (exact) mass is 187 g/mol. The minimum Gasteiger partial charge on any atom is -0.396 e. The molecule has 1 atom stereocenters. The lowest BCUT2D eigenvalue weighted by Crippen LogP contribution is -2.25. The fourth-order valence-corrected chi connectivity index (χ4v) is 1.42. The van der Waals surface area contributed by atoms with Crippen molar-refractivity contribution in [1.29, 1.82) is 0 Å². The van der Waals surface area contributed by atoms with Crippen molar-refractivity contribution in [3.63, 3.8) is 0 Å². The highest BCUT2D eigenvalue weighted by atomic mass is 16.2. The van der Waals surface area contributed by atoms with E-state index in [1.165, 1.54) is 25.9 Å². The van der Waals surface area contributed by atoms with E-state index in [-0.39, 0.29) is 0 Å². The number of rotatable bonds is 8. The average molecular weight is 187 g/mol. The van der Waals surface area contributed by atoms with Gasteiger partial charge in [0.05, 0.1) is 0 Å². The SMILES string of the molecule is CCC(C)CN(C)CCCCCO. The highest BCUT2D eigenvalue weighted by molar-refractivity contribution is 4.57. The highest BCUT2D eigenvalue weighted by Gasteiger charge is 2.03. The van der Waals surface area contributed by atoms with Gasteiger partial charge in [0.25, 0.3) is 0 Å². The van der Waals surface area contributed by atoms with Gasteiger partial charge in [-0.2, -0.15) is 0 Å². The highest BCUT2D eigenvalue weighted by Crippen LogP contribution is 2.04. The molecule has 0 aliphatic heterocycles. The quantitative estimate of drug-likeness (QED) is 0.588. The van der Waals surface area contributed by atoms with Crippen LogP contribution in [-0.4, -0.2) is 36.8 Å². The Morgan fingerprint density at radius 3 is 2.46 bits per heavy atom. The normalized spacial score (nSPS) is 13.6. The molecule has 0 aliphatic carbocycles. The van der Waals surface area contributed by atoms with Gasteiger partial charge >= 0.3 is 0 Å². The molecule has 0 aromatic carbocycles. The van der Waals surface area contributed by atoms with E-state index in [9.17, 15) is 0 Å². The Kier molecular flexibility index (Phi) is 8.46. The second-order valence-electron chi connectivity index (χ2n) is 4.06. The largest absolute Gasteiger partial charge is 0.396 e. The number of hydrogen-bond donors (Lipinski definition) is 1. The fraction of sp³-hybridized carbons (Fsp3) is 1.00. The van der Waals surface area contributed by atoms with Gasteiger partial charge in [-0.3, -0.25) is 0 Å². The molecule has 0 bridgehead atoms. The average Bonchev–Trinajstić information content (AvgIpc) is 2.12. The Hall–Kier alpha value is -0.0800. The molecule has 80 valence electrons. The lowest BCUT2D eigenvalue weighted by molar-refractivity contribution is 0.258. The lowest BCUT2D eigenvalue weighted by Gasteiger charge is -2.20. The van der Waals surface area contributed by atoms with E-state index in [1.54, 1.807) is 0 Å². The molecule has 0 radical (unpaired) electrons. The van der Waals surface area contributed by atoms with Crippen molar-refractivity contribution in [2.45, 2.75) is 39.5 Å². The maximum atomic E-state index is 8.60. The van der Waals surface area contributed by atoms with E-state index in [4.69, 9.17) is 5.11 Å². The molecule has 0 aromatic heterocycles. The zero-order valence-electron chi connectivity index (χ0n) is 9.42. The molecule has 0 amide bonds. The van der Waals surface area contributed by atoms with Crippen molar-refractivity contribution in [1.82, 2.24) is 4.90 Å². The Balaban J connectivity index is 3.24. The minimum absolute atomic E-state index is 0.342. The third-order valence-corrected chi connectivity index (χ3v) is 2.52. The Morgan fingerprint density at radius 1 is 1.23 bits per heavy atom. The van der Waals surface area contributed by atoms with Gasteiger partial charge in [-0.15, -0.1) is 0 Å². The Morgan fingerprint density at radius 2 is 1.92 bits per heavy atom. The first-order chi connectivity index (χ1) is 6.20. The number of nitrogens with zero attached hydrogens (tertiary/aromatic N) is 1. The Bertz CT molecular complexity index is 106. The molecule has 0 heterocycles. The van der Waals surface area contributed by atoms with E-state index in [0.29, 0.717) is 6.61 Å². The van der Waals surface area contributed by atoms with Gasteiger partial charge in [-0.05, 0) is 38.8 Å².